The fourth-order valence-corrected chi connectivity index (χ4v) is 3.82. The Morgan fingerprint density at radius 2 is 2.21 bits per heavy atom. The summed E-state index contributed by atoms with van der Waals surface area (Å²) in [5, 5.41) is 9.23. The molecular formula is C19H27N3O2. The van der Waals surface area contributed by atoms with Crippen LogP contribution in [-0.2, 0) is 11.2 Å². The van der Waals surface area contributed by atoms with Gasteiger partial charge in [-0.15, -0.1) is 0 Å². The van der Waals surface area contributed by atoms with Crippen LogP contribution in [0.15, 0.2) is 18.2 Å². The largest absolute Gasteiger partial charge is 0.481 e. The first-order valence-electron chi connectivity index (χ1n) is 8.83. The van der Waals surface area contributed by atoms with Crippen LogP contribution in [0.2, 0.25) is 0 Å². The molecule has 5 nitrogen and oxygen atoms in total. The first-order valence-corrected chi connectivity index (χ1v) is 8.83. The number of aromatic amines is 1. The van der Waals surface area contributed by atoms with Crippen LogP contribution in [0.4, 0.5) is 0 Å². The minimum atomic E-state index is -0.691. The standard InChI is InChI=1S/C19H27N3O2/c1-12(2)22-7-6-14(10-19(23)24)15(11-22)9-18-20-16-5-4-13(3)8-17(16)21-18/h4-5,8,12,14-15H,6-7,9-11H2,1-3H3,(H,20,21)(H,23,24)/t14-,15-/m0/s1. The molecule has 1 aromatic carbocycles. The van der Waals surface area contributed by atoms with Crippen molar-refractivity contribution in [3.8, 4) is 0 Å². The van der Waals surface area contributed by atoms with Crippen LogP contribution in [-0.4, -0.2) is 45.1 Å². The molecule has 0 spiro atoms. The summed E-state index contributed by atoms with van der Waals surface area (Å²) in [6, 6.07) is 6.72. The van der Waals surface area contributed by atoms with Crippen LogP contribution in [0.25, 0.3) is 11.0 Å². The van der Waals surface area contributed by atoms with Gasteiger partial charge in [-0.25, -0.2) is 4.98 Å². The monoisotopic (exact) mass is 329 g/mol. The predicted molar refractivity (Wildman–Crippen MR) is 95.1 cm³/mol. The van der Waals surface area contributed by atoms with Gasteiger partial charge in [-0.05, 0) is 63.3 Å². The van der Waals surface area contributed by atoms with Gasteiger partial charge in [-0.3, -0.25) is 4.79 Å². The third-order valence-corrected chi connectivity index (χ3v) is 5.23. The molecule has 0 aliphatic carbocycles. The second-order valence-electron chi connectivity index (χ2n) is 7.40. The summed E-state index contributed by atoms with van der Waals surface area (Å²) in [7, 11) is 0. The molecule has 0 radical (unpaired) electrons. The summed E-state index contributed by atoms with van der Waals surface area (Å²) < 4.78 is 0. The fraction of sp³-hybridized carbons (Fsp3) is 0.579. The van der Waals surface area contributed by atoms with Gasteiger partial charge < -0.3 is 15.0 Å². The number of aryl methyl sites for hydroxylation is 1. The van der Waals surface area contributed by atoms with Crippen LogP contribution in [0, 0.1) is 18.8 Å². The molecule has 1 fully saturated rings. The van der Waals surface area contributed by atoms with Crippen molar-refractivity contribution in [2.24, 2.45) is 11.8 Å². The second kappa shape index (κ2) is 6.93. The van der Waals surface area contributed by atoms with E-state index in [2.05, 4.69) is 42.8 Å². The lowest BCUT2D eigenvalue weighted by Crippen LogP contribution is -2.45. The molecule has 0 amide bonds. The smallest absolute Gasteiger partial charge is 0.303 e. The molecule has 24 heavy (non-hydrogen) atoms. The number of likely N-dealkylation sites (tertiary alicyclic amines) is 1. The number of rotatable bonds is 5. The Kier molecular flexibility index (Phi) is 4.90. The maximum absolute atomic E-state index is 11.2. The number of H-pyrrole nitrogens is 1. The van der Waals surface area contributed by atoms with Crippen molar-refractivity contribution in [3.63, 3.8) is 0 Å². The van der Waals surface area contributed by atoms with E-state index in [-0.39, 0.29) is 12.3 Å². The number of nitrogens with one attached hydrogen (secondary N) is 1. The van der Waals surface area contributed by atoms with Crippen molar-refractivity contribution in [1.29, 1.82) is 0 Å². The summed E-state index contributed by atoms with van der Waals surface area (Å²) in [4.78, 5) is 21.8. The number of nitrogens with zero attached hydrogens (tertiary/aromatic N) is 2. The van der Waals surface area contributed by atoms with Crippen molar-refractivity contribution in [1.82, 2.24) is 14.9 Å². The molecule has 1 aliphatic heterocycles. The van der Waals surface area contributed by atoms with Gasteiger partial charge in [0.05, 0.1) is 11.0 Å². The number of benzene rings is 1. The summed E-state index contributed by atoms with van der Waals surface area (Å²) in [5.41, 5.74) is 3.27. The number of carboxylic acids is 1. The Morgan fingerprint density at radius 3 is 2.92 bits per heavy atom. The van der Waals surface area contributed by atoms with E-state index >= 15 is 0 Å². The van der Waals surface area contributed by atoms with E-state index in [0.717, 1.165) is 42.8 Å². The highest BCUT2D eigenvalue weighted by molar-refractivity contribution is 5.75. The van der Waals surface area contributed by atoms with Gasteiger partial charge in [0.2, 0.25) is 0 Å². The van der Waals surface area contributed by atoms with Crippen LogP contribution in [0.5, 0.6) is 0 Å². The fourth-order valence-electron chi connectivity index (χ4n) is 3.82. The van der Waals surface area contributed by atoms with Crippen LogP contribution in [0.1, 0.15) is 38.1 Å². The Labute approximate surface area is 143 Å². The van der Waals surface area contributed by atoms with E-state index in [1.165, 1.54) is 5.56 Å². The zero-order valence-corrected chi connectivity index (χ0v) is 14.7. The lowest BCUT2D eigenvalue weighted by Gasteiger charge is -2.40. The van der Waals surface area contributed by atoms with Gasteiger partial charge in [-0.2, -0.15) is 0 Å². The van der Waals surface area contributed by atoms with Crippen molar-refractivity contribution < 1.29 is 9.90 Å². The molecule has 2 atom stereocenters. The summed E-state index contributed by atoms with van der Waals surface area (Å²) in [5.74, 6) is 0.844. The van der Waals surface area contributed by atoms with E-state index < -0.39 is 5.97 Å². The van der Waals surface area contributed by atoms with Crippen LogP contribution >= 0.6 is 0 Å². The average molecular weight is 329 g/mol. The molecule has 1 aliphatic rings. The molecule has 0 unspecified atom stereocenters. The zero-order chi connectivity index (χ0) is 17.3. The molecule has 2 N–H and O–H groups in total. The molecular weight excluding hydrogens is 302 g/mol. The maximum Gasteiger partial charge on any atom is 0.303 e. The predicted octanol–water partition coefficient (Wildman–Crippen LogP) is 3.24. The van der Waals surface area contributed by atoms with Gasteiger partial charge in [0.1, 0.15) is 5.82 Å². The topological polar surface area (TPSA) is 69.2 Å². The first kappa shape index (κ1) is 17.0. The number of hydrogen-bond acceptors (Lipinski definition) is 3. The lowest BCUT2D eigenvalue weighted by molar-refractivity contribution is -0.139. The molecule has 3 rings (SSSR count). The van der Waals surface area contributed by atoms with Gasteiger partial charge in [0.15, 0.2) is 0 Å². The number of imidazole rings is 1. The Balaban J connectivity index is 1.79. The minimum Gasteiger partial charge on any atom is -0.481 e. The quantitative estimate of drug-likeness (QED) is 0.883. The van der Waals surface area contributed by atoms with E-state index in [1.807, 2.05) is 6.07 Å². The number of fused-ring (bicyclic) bond motifs is 1. The highest BCUT2D eigenvalue weighted by Gasteiger charge is 2.32. The third-order valence-electron chi connectivity index (χ3n) is 5.23. The van der Waals surface area contributed by atoms with Gasteiger partial charge in [-0.1, -0.05) is 6.07 Å². The third kappa shape index (κ3) is 3.78. The molecule has 5 heteroatoms. The normalized spacial score (nSPS) is 22.3. The number of hydrogen-bond donors (Lipinski definition) is 2. The van der Waals surface area contributed by atoms with Gasteiger partial charge >= 0.3 is 5.97 Å². The van der Waals surface area contributed by atoms with Gasteiger partial charge in [0, 0.05) is 25.4 Å². The van der Waals surface area contributed by atoms with Crippen LogP contribution in [0.3, 0.4) is 0 Å². The summed E-state index contributed by atoms with van der Waals surface area (Å²) in [6.07, 6.45) is 2.03. The van der Waals surface area contributed by atoms with Crippen LogP contribution < -0.4 is 0 Å². The number of carbonyl (C=O) groups is 1. The van der Waals surface area contributed by atoms with Crippen molar-refractivity contribution in [3.05, 3.63) is 29.6 Å². The van der Waals surface area contributed by atoms with Crippen molar-refractivity contribution in [2.75, 3.05) is 13.1 Å². The highest BCUT2D eigenvalue weighted by Crippen LogP contribution is 2.30. The zero-order valence-electron chi connectivity index (χ0n) is 14.7. The molecule has 1 saturated heterocycles. The Morgan fingerprint density at radius 1 is 1.42 bits per heavy atom. The maximum atomic E-state index is 11.2. The molecule has 1 aromatic heterocycles. The molecule has 0 bridgehead atoms. The van der Waals surface area contributed by atoms with Crippen molar-refractivity contribution >= 4 is 17.0 Å². The number of carboxylic acid groups (broad SMARTS) is 1. The molecule has 0 saturated carbocycles. The average Bonchev–Trinajstić information content (AvgIpc) is 2.89. The second-order valence-corrected chi connectivity index (χ2v) is 7.40. The SMILES string of the molecule is Cc1ccc2nc(C[C@H]3CN(C(C)C)CC[C@H]3CC(=O)O)[nH]c2c1. The molecule has 2 aromatic rings. The van der Waals surface area contributed by atoms with E-state index in [9.17, 15) is 9.90 Å². The summed E-state index contributed by atoms with van der Waals surface area (Å²) >= 11 is 0. The van der Waals surface area contributed by atoms with Gasteiger partial charge in [0.25, 0.3) is 0 Å². The first-order chi connectivity index (χ1) is 11.4. The highest BCUT2D eigenvalue weighted by atomic mass is 16.4. The molecule has 130 valence electrons. The minimum absolute atomic E-state index is 0.229. The van der Waals surface area contributed by atoms with Crippen molar-refractivity contribution in [2.45, 2.75) is 46.1 Å². The summed E-state index contributed by atoms with van der Waals surface area (Å²) in [6.45, 7) is 8.43. The Hall–Kier alpha value is -1.88. The Bertz CT molecular complexity index is 722. The lowest BCUT2D eigenvalue weighted by atomic mass is 9.80. The van der Waals surface area contributed by atoms with E-state index in [1.54, 1.807) is 0 Å². The van der Waals surface area contributed by atoms with E-state index in [0.29, 0.717) is 12.0 Å². The number of piperidine rings is 1. The number of aliphatic carboxylic acids is 1. The molecule has 2 heterocycles. The van der Waals surface area contributed by atoms with E-state index in [4.69, 9.17) is 4.98 Å². The number of aromatic nitrogens is 2.